The van der Waals surface area contributed by atoms with Crippen molar-refractivity contribution >= 4 is 34.1 Å². The maximum absolute atomic E-state index is 12.6. The van der Waals surface area contributed by atoms with Gasteiger partial charge in [0.25, 0.3) is 5.91 Å². The molecule has 0 spiro atoms. The number of amides is 1. The number of H-pyrrole nitrogens is 1. The summed E-state index contributed by atoms with van der Waals surface area (Å²) in [6.07, 6.45) is 1.72. The van der Waals surface area contributed by atoms with E-state index in [1.807, 2.05) is 38.2 Å². The zero-order valence-corrected chi connectivity index (χ0v) is 16.8. The van der Waals surface area contributed by atoms with Crippen LogP contribution >= 0.6 is 11.6 Å². The van der Waals surface area contributed by atoms with Crippen LogP contribution in [0, 0.1) is 6.92 Å². The fourth-order valence-corrected chi connectivity index (χ4v) is 3.24. The highest BCUT2D eigenvalue weighted by atomic mass is 35.5. The average molecular weight is 410 g/mol. The lowest BCUT2D eigenvalue weighted by molar-refractivity contribution is 0.0947. The van der Waals surface area contributed by atoms with Gasteiger partial charge in [-0.2, -0.15) is 5.10 Å². The van der Waals surface area contributed by atoms with Crippen LogP contribution in [0.5, 0.6) is 0 Å². The van der Waals surface area contributed by atoms with Gasteiger partial charge in [0.05, 0.1) is 24.0 Å². The van der Waals surface area contributed by atoms with Crippen LogP contribution in [-0.4, -0.2) is 31.1 Å². The molecule has 1 amide bonds. The molecule has 0 bridgehead atoms. The predicted molar refractivity (Wildman–Crippen MR) is 112 cm³/mol. The minimum atomic E-state index is -0.205. The van der Waals surface area contributed by atoms with E-state index in [9.17, 15) is 4.79 Å². The molecular formula is C20H20ClN7O. The van der Waals surface area contributed by atoms with Gasteiger partial charge in [-0.25, -0.2) is 0 Å². The van der Waals surface area contributed by atoms with Gasteiger partial charge in [-0.3, -0.25) is 14.6 Å². The van der Waals surface area contributed by atoms with Crippen molar-refractivity contribution in [2.45, 2.75) is 20.0 Å². The van der Waals surface area contributed by atoms with Crippen LogP contribution in [0.3, 0.4) is 0 Å². The molecule has 2 aromatic carbocycles. The molecule has 0 radical (unpaired) electrons. The van der Waals surface area contributed by atoms with Crippen LogP contribution in [0.4, 0.5) is 5.69 Å². The maximum Gasteiger partial charge on any atom is 0.270 e. The quantitative estimate of drug-likeness (QED) is 0.454. The van der Waals surface area contributed by atoms with E-state index in [0.717, 1.165) is 33.4 Å². The fourth-order valence-electron chi connectivity index (χ4n) is 3.11. The van der Waals surface area contributed by atoms with Crippen molar-refractivity contribution in [3.05, 3.63) is 70.1 Å². The van der Waals surface area contributed by atoms with Crippen LogP contribution in [0.15, 0.2) is 42.6 Å². The van der Waals surface area contributed by atoms with Crippen LogP contribution in [0.25, 0.3) is 10.9 Å². The third-order valence-corrected chi connectivity index (χ3v) is 5.09. The van der Waals surface area contributed by atoms with Crippen molar-refractivity contribution in [1.82, 2.24) is 30.5 Å². The Hall–Kier alpha value is -3.39. The van der Waals surface area contributed by atoms with Gasteiger partial charge < -0.3 is 10.6 Å². The molecular weight excluding hydrogens is 390 g/mol. The number of hydrogen-bond donors (Lipinski definition) is 3. The number of hydrogen-bond acceptors (Lipinski definition) is 5. The molecule has 0 aliphatic heterocycles. The largest absolute Gasteiger partial charge is 0.379 e. The molecule has 0 saturated carbocycles. The van der Waals surface area contributed by atoms with Gasteiger partial charge in [0.1, 0.15) is 5.69 Å². The van der Waals surface area contributed by atoms with E-state index >= 15 is 0 Å². The Morgan fingerprint density at radius 3 is 2.69 bits per heavy atom. The minimum Gasteiger partial charge on any atom is -0.379 e. The van der Waals surface area contributed by atoms with Crippen molar-refractivity contribution in [1.29, 1.82) is 0 Å². The lowest BCUT2D eigenvalue weighted by Gasteiger charge is -2.10. The van der Waals surface area contributed by atoms with Crippen LogP contribution < -0.4 is 10.6 Å². The van der Waals surface area contributed by atoms with E-state index < -0.39 is 0 Å². The number of nitrogens with one attached hydrogen (secondary N) is 3. The number of halogens is 1. The predicted octanol–water partition coefficient (Wildman–Crippen LogP) is 3.20. The Labute approximate surface area is 172 Å². The van der Waals surface area contributed by atoms with Gasteiger partial charge in [0.15, 0.2) is 0 Å². The lowest BCUT2D eigenvalue weighted by atomic mass is 10.1. The summed E-state index contributed by atoms with van der Waals surface area (Å²) in [6, 6.07) is 11.2. The highest BCUT2D eigenvalue weighted by Gasteiger charge is 2.16. The Morgan fingerprint density at radius 1 is 1.17 bits per heavy atom. The van der Waals surface area contributed by atoms with Crippen molar-refractivity contribution in [2.24, 2.45) is 7.05 Å². The molecule has 9 heteroatoms. The number of nitrogens with zero attached hydrogens (tertiary/aromatic N) is 4. The van der Waals surface area contributed by atoms with Gasteiger partial charge in [-0.05, 0) is 36.8 Å². The van der Waals surface area contributed by atoms with Gasteiger partial charge in [-0.1, -0.05) is 28.9 Å². The third kappa shape index (κ3) is 3.93. The van der Waals surface area contributed by atoms with Crippen molar-refractivity contribution in [3.8, 4) is 0 Å². The first-order valence-corrected chi connectivity index (χ1v) is 9.48. The number of aryl methyl sites for hydroxylation is 2. The number of anilines is 1. The summed E-state index contributed by atoms with van der Waals surface area (Å²) in [7, 11) is 1.85. The van der Waals surface area contributed by atoms with Crippen molar-refractivity contribution in [3.63, 3.8) is 0 Å². The van der Waals surface area contributed by atoms with Crippen LogP contribution in [0.1, 0.15) is 27.3 Å². The number of carbonyl (C=O) groups is 1. The number of fused-ring (bicyclic) bond motifs is 1. The summed E-state index contributed by atoms with van der Waals surface area (Å²) < 4.78 is 1.72. The summed E-state index contributed by atoms with van der Waals surface area (Å²) in [5.74, 6) is -0.205. The molecule has 0 aliphatic carbocycles. The molecule has 4 aromatic rings. The van der Waals surface area contributed by atoms with Gasteiger partial charge in [0.2, 0.25) is 0 Å². The third-order valence-electron chi connectivity index (χ3n) is 4.84. The minimum absolute atomic E-state index is 0.205. The zero-order valence-electron chi connectivity index (χ0n) is 16.0. The Kier molecular flexibility index (Phi) is 5.18. The molecule has 0 fully saturated rings. The number of aromatic amines is 1. The first kappa shape index (κ1) is 18.9. The van der Waals surface area contributed by atoms with Crippen LogP contribution in [0.2, 0.25) is 5.02 Å². The summed E-state index contributed by atoms with van der Waals surface area (Å²) in [4.78, 5) is 12.6. The first-order chi connectivity index (χ1) is 14.0. The Morgan fingerprint density at radius 2 is 1.97 bits per heavy atom. The second-order valence-corrected chi connectivity index (χ2v) is 7.18. The smallest absolute Gasteiger partial charge is 0.270 e. The number of carbonyl (C=O) groups excluding carboxylic acids is 1. The second kappa shape index (κ2) is 7.92. The SMILES string of the molecule is Cc1c(NCc2cnnn2C)ccc2c(C(=O)NCc3ccc(Cl)cc3)[nH]nc12. The number of aromatic nitrogens is 5. The molecule has 3 N–H and O–H groups in total. The first-order valence-electron chi connectivity index (χ1n) is 9.10. The lowest BCUT2D eigenvalue weighted by Crippen LogP contribution is -2.23. The number of benzene rings is 2. The standard InChI is InChI=1S/C20H20ClN7O/c1-12-17(22-10-15-11-24-27-28(15)2)8-7-16-18(12)25-26-19(16)20(29)23-9-13-3-5-14(21)6-4-13/h3-8,11,22H,9-10H2,1-2H3,(H,23,29)(H,25,26). The Balaban J connectivity index is 1.49. The van der Waals surface area contributed by atoms with E-state index in [2.05, 4.69) is 31.1 Å². The van der Waals surface area contributed by atoms with Crippen molar-refractivity contribution < 1.29 is 4.79 Å². The molecule has 4 rings (SSSR count). The second-order valence-electron chi connectivity index (χ2n) is 6.74. The van der Waals surface area contributed by atoms with E-state index in [1.165, 1.54) is 0 Å². The Bertz CT molecular complexity index is 1160. The maximum atomic E-state index is 12.6. The molecule has 0 aliphatic rings. The molecule has 0 saturated heterocycles. The summed E-state index contributed by atoms with van der Waals surface area (Å²) in [5.41, 5.74) is 5.05. The molecule has 29 heavy (non-hydrogen) atoms. The van der Waals surface area contributed by atoms with Crippen LogP contribution in [-0.2, 0) is 20.1 Å². The monoisotopic (exact) mass is 409 g/mol. The van der Waals surface area contributed by atoms with Gasteiger partial charge in [0, 0.05) is 35.3 Å². The van der Waals surface area contributed by atoms with E-state index in [4.69, 9.17) is 11.6 Å². The molecule has 8 nitrogen and oxygen atoms in total. The normalized spacial score (nSPS) is 11.0. The molecule has 0 atom stereocenters. The summed E-state index contributed by atoms with van der Waals surface area (Å²) >= 11 is 5.89. The van der Waals surface area contributed by atoms with E-state index in [1.54, 1.807) is 23.0 Å². The highest BCUT2D eigenvalue weighted by molar-refractivity contribution is 6.30. The highest BCUT2D eigenvalue weighted by Crippen LogP contribution is 2.26. The molecule has 0 unspecified atom stereocenters. The molecule has 2 heterocycles. The van der Waals surface area contributed by atoms with Crippen molar-refractivity contribution in [2.75, 3.05) is 5.32 Å². The zero-order chi connectivity index (χ0) is 20.4. The van der Waals surface area contributed by atoms with Gasteiger partial charge >= 0.3 is 0 Å². The fraction of sp³-hybridized carbons (Fsp3) is 0.200. The van der Waals surface area contributed by atoms with E-state index in [-0.39, 0.29) is 5.91 Å². The summed E-state index contributed by atoms with van der Waals surface area (Å²) in [6.45, 7) is 2.98. The van der Waals surface area contributed by atoms with Gasteiger partial charge in [-0.15, -0.1) is 5.10 Å². The van der Waals surface area contributed by atoms with E-state index in [0.29, 0.717) is 23.8 Å². The molecule has 148 valence electrons. The summed E-state index contributed by atoms with van der Waals surface area (Å²) in [5, 5.41) is 22.8. The topological polar surface area (TPSA) is 101 Å². The number of rotatable bonds is 6. The average Bonchev–Trinajstić information content (AvgIpc) is 3.33. The molecule has 2 aromatic heterocycles.